The first-order chi connectivity index (χ1) is 9.69. The van der Waals surface area contributed by atoms with Gasteiger partial charge in [0.25, 0.3) is 0 Å². The average molecular weight is 276 g/mol. The summed E-state index contributed by atoms with van der Waals surface area (Å²) in [5.74, 6) is 1.48. The molecule has 0 unspecified atom stereocenters. The van der Waals surface area contributed by atoms with E-state index in [1.807, 2.05) is 25.2 Å². The van der Waals surface area contributed by atoms with Crippen molar-refractivity contribution in [2.75, 3.05) is 14.2 Å². The molecular formula is C14H20N4O2. The number of aromatic nitrogens is 3. The topological polar surface area (TPSA) is 75.2 Å². The number of hydrogen-bond acceptors (Lipinski definition) is 5. The van der Waals surface area contributed by atoms with Crippen LogP contribution in [0, 0.1) is 0 Å². The van der Waals surface area contributed by atoms with Gasteiger partial charge in [0, 0.05) is 13.6 Å². The van der Waals surface area contributed by atoms with Gasteiger partial charge >= 0.3 is 0 Å². The number of methoxy groups -OCH3 is 2. The summed E-state index contributed by atoms with van der Waals surface area (Å²) in [5, 5.41) is 8.05. The lowest BCUT2D eigenvalue weighted by Gasteiger charge is -2.10. The second-order valence-electron chi connectivity index (χ2n) is 4.50. The molecule has 1 aromatic carbocycles. The molecule has 2 rings (SSSR count). The van der Waals surface area contributed by atoms with Gasteiger partial charge in [0.2, 0.25) is 0 Å². The predicted octanol–water partition coefficient (Wildman–Crippen LogP) is 1.08. The van der Waals surface area contributed by atoms with Crippen molar-refractivity contribution in [3.05, 3.63) is 35.2 Å². The van der Waals surface area contributed by atoms with E-state index in [-0.39, 0.29) is 0 Å². The molecule has 0 aliphatic heterocycles. The minimum Gasteiger partial charge on any atom is -0.493 e. The summed E-state index contributed by atoms with van der Waals surface area (Å²) in [6.45, 7) is 0.412. The zero-order valence-electron chi connectivity index (χ0n) is 12.1. The van der Waals surface area contributed by atoms with Gasteiger partial charge in [-0.3, -0.25) is 4.68 Å². The molecule has 20 heavy (non-hydrogen) atoms. The first-order valence-corrected chi connectivity index (χ1v) is 6.48. The SMILES string of the molecule is COc1ccc(CCc2c(CN)nnn2C)cc1OC. The highest BCUT2D eigenvalue weighted by Crippen LogP contribution is 2.28. The molecular weight excluding hydrogens is 256 g/mol. The molecule has 2 N–H and O–H groups in total. The molecule has 0 amide bonds. The molecule has 6 heteroatoms. The van der Waals surface area contributed by atoms with Crippen LogP contribution in [0.3, 0.4) is 0 Å². The van der Waals surface area contributed by atoms with Crippen LogP contribution >= 0.6 is 0 Å². The Balaban J connectivity index is 2.12. The first kappa shape index (κ1) is 14.3. The quantitative estimate of drug-likeness (QED) is 0.854. The van der Waals surface area contributed by atoms with E-state index >= 15 is 0 Å². The van der Waals surface area contributed by atoms with Crippen LogP contribution in [0.4, 0.5) is 0 Å². The summed E-state index contributed by atoms with van der Waals surface area (Å²) in [6.07, 6.45) is 1.71. The van der Waals surface area contributed by atoms with Gasteiger partial charge in [-0.15, -0.1) is 5.10 Å². The second kappa shape index (κ2) is 6.38. The smallest absolute Gasteiger partial charge is 0.160 e. The van der Waals surface area contributed by atoms with Gasteiger partial charge in [-0.2, -0.15) is 0 Å². The van der Waals surface area contributed by atoms with Crippen LogP contribution in [0.25, 0.3) is 0 Å². The van der Waals surface area contributed by atoms with Gasteiger partial charge in [-0.05, 0) is 30.5 Å². The number of ether oxygens (including phenoxy) is 2. The number of rotatable bonds is 6. The highest BCUT2D eigenvalue weighted by Gasteiger charge is 2.10. The van der Waals surface area contributed by atoms with Crippen LogP contribution in [-0.2, 0) is 26.4 Å². The van der Waals surface area contributed by atoms with Crippen molar-refractivity contribution in [3.8, 4) is 11.5 Å². The van der Waals surface area contributed by atoms with Crippen LogP contribution in [0.2, 0.25) is 0 Å². The van der Waals surface area contributed by atoms with E-state index in [4.69, 9.17) is 15.2 Å². The third kappa shape index (κ3) is 2.91. The second-order valence-corrected chi connectivity index (χ2v) is 4.50. The third-order valence-corrected chi connectivity index (χ3v) is 3.32. The van der Waals surface area contributed by atoms with Gasteiger partial charge < -0.3 is 15.2 Å². The molecule has 0 saturated carbocycles. The Morgan fingerprint density at radius 3 is 2.55 bits per heavy atom. The van der Waals surface area contributed by atoms with Gasteiger partial charge in [-0.1, -0.05) is 11.3 Å². The minimum atomic E-state index is 0.412. The molecule has 0 aliphatic carbocycles. The molecule has 0 aliphatic rings. The van der Waals surface area contributed by atoms with Crippen molar-refractivity contribution in [1.82, 2.24) is 15.0 Å². The van der Waals surface area contributed by atoms with Gasteiger partial charge in [0.15, 0.2) is 11.5 Å². The van der Waals surface area contributed by atoms with E-state index in [2.05, 4.69) is 10.3 Å². The number of aryl methyl sites for hydroxylation is 2. The van der Waals surface area contributed by atoms with E-state index in [1.54, 1.807) is 18.9 Å². The number of hydrogen-bond donors (Lipinski definition) is 1. The van der Waals surface area contributed by atoms with Gasteiger partial charge in [0.05, 0.1) is 25.6 Å². The van der Waals surface area contributed by atoms with Crippen LogP contribution in [0.1, 0.15) is 17.0 Å². The number of nitrogens with zero attached hydrogens (tertiary/aromatic N) is 3. The molecule has 2 aromatic rings. The van der Waals surface area contributed by atoms with Crippen molar-refractivity contribution >= 4 is 0 Å². The Bertz CT molecular complexity index is 581. The zero-order chi connectivity index (χ0) is 14.5. The lowest BCUT2D eigenvalue weighted by Crippen LogP contribution is -2.06. The fraction of sp³-hybridized carbons (Fsp3) is 0.429. The number of benzene rings is 1. The van der Waals surface area contributed by atoms with Crippen molar-refractivity contribution in [2.45, 2.75) is 19.4 Å². The summed E-state index contributed by atoms with van der Waals surface area (Å²) >= 11 is 0. The van der Waals surface area contributed by atoms with E-state index < -0.39 is 0 Å². The molecule has 0 bridgehead atoms. The molecule has 108 valence electrons. The summed E-state index contributed by atoms with van der Waals surface area (Å²) in [7, 11) is 5.15. The van der Waals surface area contributed by atoms with E-state index in [9.17, 15) is 0 Å². The van der Waals surface area contributed by atoms with Crippen molar-refractivity contribution in [2.24, 2.45) is 12.8 Å². The molecule has 6 nitrogen and oxygen atoms in total. The predicted molar refractivity (Wildman–Crippen MR) is 75.8 cm³/mol. The van der Waals surface area contributed by atoms with Crippen LogP contribution in [0.5, 0.6) is 11.5 Å². The molecule has 0 saturated heterocycles. The lowest BCUT2D eigenvalue weighted by atomic mass is 10.1. The van der Waals surface area contributed by atoms with Crippen molar-refractivity contribution in [3.63, 3.8) is 0 Å². The summed E-state index contributed by atoms with van der Waals surface area (Å²) < 4.78 is 12.3. The molecule has 1 heterocycles. The van der Waals surface area contributed by atoms with Gasteiger partial charge in [0.1, 0.15) is 0 Å². The maximum atomic E-state index is 5.66. The highest BCUT2D eigenvalue weighted by molar-refractivity contribution is 5.43. The molecule has 1 aromatic heterocycles. The largest absolute Gasteiger partial charge is 0.493 e. The molecule has 0 atom stereocenters. The maximum Gasteiger partial charge on any atom is 0.160 e. The summed E-state index contributed by atoms with van der Waals surface area (Å²) in [5.41, 5.74) is 8.76. The minimum absolute atomic E-state index is 0.412. The van der Waals surface area contributed by atoms with Gasteiger partial charge in [-0.25, -0.2) is 0 Å². The average Bonchev–Trinajstić information content (AvgIpc) is 2.85. The maximum absolute atomic E-state index is 5.66. The van der Waals surface area contributed by atoms with E-state index in [1.165, 1.54) is 5.56 Å². The lowest BCUT2D eigenvalue weighted by molar-refractivity contribution is 0.354. The Labute approximate surface area is 118 Å². The zero-order valence-corrected chi connectivity index (χ0v) is 12.1. The Hall–Kier alpha value is -2.08. The Morgan fingerprint density at radius 1 is 1.15 bits per heavy atom. The van der Waals surface area contributed by atoms with Crippen LogP contribution in [0.15, 0.2) is 18.2 Å². The molecule has 0 fully saturated rings. The molecule has 0 spiro atoms. The normalized spacial score (nSPS) is 10.6. The highest BCUT2D eigenvalue weighted by atomic mass is 16.5. The molecule has 0 radical (unpaired) electrons. The van der Waals surface area contributed by atoms with Crippen molar-refractivity contribution in [1.29, 1.82) is 0 Å². The third-order valence-electron chi connectivity index (χ3n) is 3.32. The van der Waals surface area contributed by atoms with E-state index in [0.717, 1.165) is 35.7 Å². The monoisotopic (exact) mass is 276 g/mol. The summed E-state index contributed by atoms with van der Waals surface area (Å²) in [4.78, 5) is 0. The van der Waals surface area contributed by atoms with Crippen LogP contribution < -0.4 is 15.2 Å². The Morgan fingerprint density at radius 2 is 1.90 bits per heavy atom. The van der Waals surface area contributed by atoms with Crippen LogP contribution in [-0.4, -0.2) is 29.2 Å². The fourth-order valence-electron chi connectivity index (χ4n) is 2.18. The Kier molecular flexibility index (Phi) is 4.57. The van der Waals surface area contributed by atoms with E-state index in [0.29, 0.717) is 6.54 Å². The summed E-state index contributed by atoms with van der Waals surface area (Å²) in [6, 6.07) is 5.94. The first-order valence-electron chi connectivity index (χ1n) is 6.48. The standard InChI is InChI=1S/C14H20N4O2/c1-18-12(11(9-15)16-17-18)6-4-10-5-7-13(19-2)14(8-10)20-3/h5,7-8H,4,6,9,15H2,1-3H3. The fourth-order valence-corrected chi connectivity index (χ4v) is 2.18. The van der Waals surface area contributed by atoms with Crippen molar-refractivity contribution < 1.29 is 9.47 Å². The number of nitrogens with two attached hydrogens (primary N) is 1.